The number of benzene rings is 1. The molecule has 2 N–H and O–H groups in total. The van der Waals surface area contributed by atoms with Crippen LogP contribution < -0.4 is 10.5 Å². The van der Waals surface area contributed by atoms with E-state index in [9.17, 15) is 15.0 Å². The predicted octanol–water partition coefficient (Wildman–Crippen LogP) is 3.28. The van der Waals surface area contributed by atoms with Crippen molar-refractivity contribution in [2.24, 2.45) is 0 Å². The van der Waals surface area contributed by atoms with E-state index >= 15 is 0 Å². The molecule has 2 aromatic heterocycles. The highest BCUT2D eigenvalue weighted by Gasteiger charge is 2.25. The van der Waals surface area contributed by atoms with Crippen LogP contribution in [0.4, 0.5) is 5.95 Å². The molecule has 0 saturated carbocycles. The van der Waals surface area contributed by atoms with Gasteiger partial charge in [0.2, 0.25) is 5.95 Å². The van der Waals surface area contributed by atoms with E-state index in [4.69, 9.17) is 4.98 Å². The number of fused-ring (bicyclic) bond motifs is 3. The molecule has 3 aromatic rings. The van der Waals surface area contributed by atoms with Crippen molar-refractivity contribution in [1.29, 1.82) is 0 Å². The summed E-state index contributed by atoms with van der Waals surface area (Å²) in [5.74, 6) is 0.469. The first-order valence-electron chi connectivity index (χ1n) is 10.7. The fourth-order valence-electron chi connectivity index (χ4n) is 4.27. The number of anilines is 1. The molecule has 7 heteroatoms. The SMILES string of the molecule is CC(O)CN(CC(C)O)c1nc2sc3c(c2c(=O)n1-c1ccccc1)CCCCC3. The van der Waals surface area contributed by atoms with E-state index < -0.39 is 12.2 Å². The van der Waals surface area contributed by atoms with Crippen LogP contribution in [0.3, 0.4) is 0 Å². The highest BCUT2D eigenvalue weighted by Crippen LogP contribution is 2.34. The highest BCUT2D eigenvalue weighted by atomic mass is 32.1. The molecule has 0 spiro atoms. The van der Waals surface area contributed by atoms with E-state index in [1.165, 1.54) is 16.9 Å². The van der Waals surface area contributed by atoms with Gasteiger partial charge in [0.1, 0.15) is 4.83 Å². The maximum absolute atomic E-state index is 13.8. The fourth-order valence-corrected chi connectivity index (χ4v) is 5.52. The molecule has 1 aliphatic carbocycles. The number of aliphatic hydroxyl groups excluding tert-OH is 2. The van der Waals surface area contributed by atoms with Crippen molar-refractivity contribution >= 4 is 27.5 Å². The van der Waals surface area contributed by atoms with E-state index in [0.717, 1.165) is 41.6 Å². The average Bonchev–Trinajstić information content (AvgIpc) is 2.89. The monoisotopic (exact) mass is 427 g/mol. The lowest BCUT2D eigenvalue weighted by molar-refractivity contribution is 0.177. The number of nitrogens with zero attached hydrogens (tertiary/aromatic N) is 3. The van der Waals surface area contributed by atoms with Gasteiger partial charge in [-0.3, -0.25) is 4.79 Å². The Kier molecular flexibility index (Phi) is 6.22. The molecule has 2 atom stereocenters. The summed E-state index contributed by atoms with van der Waals surface area (Å²) in [5.41, 5.74) is 1.84. The maximum Gasteiger partial charge on any atom is 0.268 e. The standard InChI is InChI=1S/C23H29N3O3S/c1-15(27)13-25(14-16(2)28)23-24-21-20(18-11-7-4-8-12-19(18)30-21)22(29)26(23)17-9-5-3-6-10-17/h3,5-6,9-10,15-16,27-28H,4,7-8,11-14H2,1-2H3. The number of aryl methyl sites for hydroxylation is 2. The van der Waals surface area contributed by atoms with Crippen LogP contribution >= 0.6 is 11.3 Å². The minimum atomic E-state index is -0.624. The molecule has 4 rings (SSSR count). The lowest BCUT2D eigenvalue weighted by Crippen LogP contribution is -2.40. The molecule has 2 unspecified atom stereocenters. The second-order valence-corrected chi connectivity index (χ2v) is 9.32. The molecular formula is C23H29N3O3S. The molecule has 1 aliphatic rings. The lowest BCUT2D eigenvalue weighted by atomic mass is 10.1. The summed E-state index contributed by atoms with van der Waals surface area (Å²) in [6.07, 6.45) is 4.11. The van der Waals surface area contributed by atoms with E-state index in [0.29, 0.717) is 5.95 Å². The minimum absolute atomic E-state index is 0.0678. The third-order valence-electron chi connectivity index (χ3n) is 5.49. The molecular weight excluding hydrogens is 398 g/mol. The zero-order chi connectivity index (χ0) is 21.3. The summed E-state index contributed by atoms with van der Waals surface area (Å²) in [6, 6.07) is 9.51. The first-order chi connectivity index (χ1) is 14.5. The zero-order valence-electron chi connectivity index (χ0n) is 17.5. The summed E-state index contributed by atoms with van der Waals surface area (Å²) >= 11 is 1.62. The second-order valence-electron chi connectivity index (χ2n) is 8.24. The Morgan fingerprint density at radius 2 is 1.73 bits per heavy atom. The molecule has 0 aliphatic heterocycles. The van der Waals surface area contributed by atoms with Gasteiger partial charge in [-0.2, -0.15) is 0 Å². The Balaban J connectivity index is 1.99. The number of aromatic nitrogens is 2. The first-order valence-corrected chi connectivity index (χ1v) is 11.5. The summed E-state index contributed by atoms with van der Waals surface area (Å²) in [5, 5.41) is 20.9. The molecule has 0 radical (unpaired) electrons. The summed E-state index contributed by atoms with van der Waals surface area (Å²) in [4.78, 5) is 22.6. The van der Waals surface area contributed by atoms with E-state index in [1.807, 2.05) is 35.2 Å². The lowest BCUT2D eigenvalue weighted by Gasteiger charge is -2.28. The van der Waals surface area contributed by atoms with Gasteiger partial charge in [0.05, 0.1) is 23.3 Å². The Morgan fingerprint density at radius 1 is 1.07 bits per heavy atom. The minimum Gasteiger partial charge on any atom is -0.392 e. The van der Waals surface area contributed by atoms with Crippen molar-refractivity contribution in [2.45, 2.75) is 58.2 Å². The Labute approximate surface area is 180 Å². The molecule has 6 nitrogen and oxygen atoms in total. The van der Waals surface area contributed by atoms with Crippen molar-refractivity contribution in [3.05, 3.63) is 51.1 Å². The van der Waals surface area contributed by atoms with Gasteiger partial charge in [-0.15, -0.1) is 11.3 Å². The van der Waals surface area contributed by atoms with Gasteiger partial charge in [0.15, 0.2) is 0 Å². The first kappa shape index (κ1) is 21.0. The number of hydrogen-bond donors (Lipinski definition) is 2. The molecule has 0 fully saturated rings. The molecule has 2 heterocycles. The van der Waals surface area contributed by atoms with Gasteiger partial charge in [0.25, 0.3) is 5.56 Å². The van der Waals surface area contributed by atoms with Crippen LogP contribution in [0.15, 0.2) is 35.1 Å². The number of aliphatic hydroxyl groups is 2. The van der Waals surface area contributed by atoms with Gasteiger partial charge in [-0.1, -0.05) is 24.6 Å². The van der Waals surface area contributed by atoms with E-state index in [2.05, 4.69) is 0 Å². The number of para-hydroxylation sites is 1. The molecule has 30 heavy (non-hydrogen) atoms. The van der Waals surface area contributed by atoms with Crippen molar-refractivity contribution in [3.63, 3.8) is 0 Å². The van der Waals surface area contributed by atoms with Gasteiger partial charge in [-0.05, 0) is 57.2 Å². The number of rotatable bonds is 6. The van der Waals surface area contributed by atoms with Crippen molar-refractivity contribution in [1.82, 2.24) is 9.55 Å². The molecule has 0 saturated heterocycles. The highest BCUT2D eigenvalue weighted by molar-refractivity contribution is 7.18. The van der Waals surface area contributed by atoms with E-state index in [1.54, 1.807) is 29.8 Å². The quantitative estimate of drug-likeness (QED) is 0.590. The third kappa shape index (κ3) is 4.15. The topological polar surface area (TPSA) is 78.6 Å². The maximum atomic E-state index is 13.8. The van der Waals surface area contributed by atoms with Crippen LogP contribution in [0.5, 0.6) is 0 Å². The van der Waals surface area contributed by atoms with Gasteiger partial charge in [-0.25, -0.2) is 9.55 Å². The third-order valence-corrected chi connectivity index (χ3v) is 6.67. The van der Waals surface area contributed by atoms with Crippen molar-refractivity contribution < 1.29 is 10.2 Å². The summed E-state index contributed by atoms with van der Waals surface area (Å²) in [6.45, 7) is 3.96. The molecule has 0 amide bonds. The summed E-state index contributed by atoms with van der Waals surface area (Å²) < 4.78 is 1.64. The van der Waals surface area contributed by atoms with Crippen molar-refractivity contribution in [3.8, 4) is 5.69 Å². The molecule has 0 bridgehead atoms. The normalized spacial score (nSPS) is 16.1. The van der Waals surface area contributed by atoms with Crippen LogP contribution in [0.2, 0.25) is 0 Å². The van der Waals surface area contributed by atoms with Crippen LogP contribution in [-0.4, -0.2) is 45.1 Å². The van der Waals surface area contributed by atoms with Gasteiger partial charge < -0.3 is 15.1 Å². The van der Waals surface area contributed by atoms with Crippen molar-refractivity contribution in [2.75, 3.05) is 18.0 Å². The average molecular weight is 428 g/mol. The van der Waals surface area contributed by atoms with Crippen LogP contribution in [-0.2, 0) is 12.8 Å². The molecule has 160 valence electrons. The van der Waals surface area contributed by atoms with Crippen LogP contribution in [0.1, 0.15) is 43.6 Å². The second kappa shape index (κ2) is 8.88. The van der Waals surface area contributed by atoms with E-state index in [-0.39, 0.29) is 18.6 Å². The Bertz CT molecular complexity index is 1060. The number of hydrogen-bond acceptors (Lipinski definition) is 6. The van der Waals surface area contributed by atoms with Crippen LogP contribution in [0, 0.1) is 0 Å². The smallest absolute Gasteiger partial charge is 0.268 e. The predicted molar refractivity (Wildman–Crippen MR) is 122 cm³/mol. The fraction of sp³-hybridized carbons (Fsp3) is 0.478. The Morgan fingerprint density at radius 3 is 2.40 bits per heavy atom. The van der Waals surface area contributed by atoms with Gasteiger partial charge >= 0.3 is 0 Å². The zero-order valence-corrected chi connectivity index (χ0v) is 18.4. The number of thiophene rings is 1. The Hall–Kier alpha value is -2.22. The molecule has 1 aromatic carbocycles. The van der Waals surface area contributed by atoms with Gasteiger partial charge in [0, 0.05) is 18.0 Å². The largest absolute Gasteiger partial charge is 0.392 e. The van der Waals surface area contributed by atoms with Crippen LogP contribution in [0.25, 0.3) is 15.9 Å². The summed E-state index contributed by atoms with van der Waals surface area (Å²) in [7, 11) is 0.